The number of para-hydroxylation sites is 1. The van der Waals surface area contributed by atoms with E-state index in [0.29, 0.717) is 17.9 Å². The zero-order valence-corrected chi connectivity index (χ0v) is 15.1. The van der Waals surface area contributed by atoms with Crippen LogP contribution in [0.5, 0.6) is 5.75 Å². The number of benzene rings is 1. The van der Waals surface area contributed by atoms with Gasteiger partial charge in [0.1, 0.15) is 5.75 Å². The summed E-state index contributed by atoms with van der Waals surface area (Å²) >= 11 is 0. The average molecular weight is 357 g/mol. The molecule has 2 aromatic rings. The summed E-state index contributed by atoms with van der Waals surface area (Å²) in [7, 11) is 1.56. The maximum atomic E-state index is 12.8. The lowest BCUT2D eigenvalue weighted by Gasteiger charge is -2.18. The van der Waals surface area contributed by atoms with Crippen LogP contribution in [0.15, 0.2) is 36.7 Å². The van der Waals surface area contributed by atoms with E-state index >= 15 is 0 Å². The van der Waals surface area contributed by atoms with Crippen molar-refractivity contribution in [2.45, 2.75) is 25.8 Å². The molecule has 1 saturated heterocycles. The molecule has 0 spiro atoms. The number of carbonyl (C=O) groups excluding carboxylic acids is 1. The van der Waals surface area contributed by atoms with Gasteiger partial charge in [0.15, 0.2) is 0 Å². The van der Waals surface area contributed by atoms with Crippen LogP contribution in [0, 0.1) is 5.92 Å². The van der Waals surface area contributed by atoms with Crippen molar-refractivity contribution in [1.29, 1.82) is 0 Å². The monoisotopic (exact) mass is 357 g/mol. The van der Waals surface area contributed by atoms with E-state index in [4.69, 9.17) is 4.74 Å². The lowest BCUT2D eigenvalue weighted by molar-refractivity contribution is -0.141. The number of carboxylic acid groups (broad SMARTS) is 1. The second-order valence-corrected chi connectivity index (χ2v) is 6.81. The van der Waals surface area contributed by atoms with E-state index in [0.717, 1.165) is 5.56 Å². The van der Waals surface area contributed by atoms with Crippen molar-refractivity contribution in [3.05, 3.63) is 47.8 Å². The molecule has 1 aliphatic rings. The Bertz CT molecular complexity index is 815. The molecule has 0 aliphatic carbocycles. The first kappa shape index (κ1) is 18.0. The SMILES string of the molecule is COc1ccccc1[C@H]1CN(C(=O)c2cnn(C(C)C)c2)C[C@@H]1C(=O)O. The van der Waals surface area contributed by atoms with E-state index in [-0.39, 0.29) is 24.4 Å². The zero-order chi connectivity index (χ0) is 18.8. The highest BCUT2D eigenvalue weighted by atomic mass is 16.5. The van der Waals surface area contributed by atoms with Gasteiger partial charge in [0, 0.05) is 31.2 Å². The summed E-state index contributed by atoms with van der Waals surface area (Å²) in [5, 5.41) is 13.9. The number of rotatable bonds is 5. The maximum Gasteiger partial charge on any atom is 0.308 e. The molecule has 1 aromatic heterocycles. The highest BCUT2D eigenvalue weighted by molar-refractivity contribution is 5.94. The van der Waals surface area contributed by atoms with Crippen molar-refractivity contribution < 1.29 is 19.4 Å². The minimum absolute atomic E-state index is 0.156. The van der Waals surface area contributed by atoms with Gasteiger partial charge in [-0.05, 0) is 25.5 Å². The molecule has 26 heavy (non-hydrogen) atoms. The Hall–Kier alpha value is -2.83. The van der Waals surface area contributed by atoms with E-state index in [1.165, 1.54) is 6.20 Å². The van der Waals surface area contributed by atoms with E-state index in [1.807, 2.05) is 38.1 Å². The summed E-state index contributed by atoms with van der Waals surface area (Å²) in [6.07, 6.45) is 3.24. The van der Waals surface area contributed by atoms with Gasteiger partial charge in [-0.15, -0.1) is 0 Å². The molecule has 2 atom stereocenters. The van der Waals surface area contributed by atoms with E-state index in [9.17, 15) is 14.7 Å². The van der Waals surface area contributed by atoms with Crippen molar-refractivity contribution in [3.8, 4) is 5.75 Å². The summed E-state index contributed by atoms with van der Waals surface area (Å²) in [6, 6.07) is 7.53. The third-order valence-corrected chi connectivity index (χ3v) is 4.84. The lowest BCUT2D eigenvalue weighted by atomic mass is 9.88. The van der Waals surface area contributed by atoms with Crippen LogP contribution >= 0.6 is 0 Å². The summed E-state index contributed by atoms with van der Waals surface area (Å²) in [6.45, 7) is 4.47. The standard InChI is InChI=1S/C19H23N3O4/c1-12(2)22-9-13(8-20-22)18(23)21-10-15(16(11-21)19(24)25)14-6-4-5-7-17(14)26-3/h4-9,12,15-16H,10-11H2,1-3H3,(H,24,25)/t15-,16+/m1/s1. The summed E-state index contributed by atoms with van der Waals surface area (Å²) in [4.78, 5) is 26.2. The highest BCUT2D eigenvalue weighted by Crippen LogP contribution is 2.38. The molecule has 0 unspecified atom stereocenters. The minimum atomic E-state index is -0.908. The van der Waals surface area contributed by atoms with Gasteiger partial charge < -0.3 is 14.7 Å². The fourth-order valence-corrected chi connectivity index (χ4v) is 3.42. The van der Waals surface area contributed by atoms with Gasteiger partial charge in [0.05, 0.1) is 24.8 Å². The first-order chi connectivity index (χ1) is 12.4. The summed E-state index contributed by atoms with van der Waals surface area (Å²) < 4.78 is 7.10. The topological polar surface area (TPSA) is 84.7 Å². The van der Waals surface area contributed by atoms with Crippen LogP contribution in [-0.2, 0) is 4.79 Å². The summed E-state index contributed by atoms with van der Waals surface area (Å²) in [5.74, 6) is -1.44. The smallest absolute Gasteiger partial charge is 0.308 e. The third kappa shape index (κ3) is 3.29. The number of nitrogens with zero attached hydrogens (tertiary/aromatic N) is 3. The number of aromatic nitrogens is 2. The number of aliphatic carboxylic acids is 1. The molecule has 1 fully saturated rings. The maximum absolute atomic E-state index is 12.8. The average Bonchev–Trinajstić information content (AvgIpc) is 3.28. The fourth-order valence-electron chi connectivity index (χ4n) is 3.42. The Morgan fingerprint density at radius 2 is 2.00 bits per heavy atom. The fraction of sp³-hybridized carbons (Fsp3) is 0.421. The van der Waals surface area contributed by atoms with Crippen LogP contribution in [0.25, 0.3) is 0 Å². The molecule has 1 aliphatic heterocycles. The molecular formula is C19H23N3O4. The predicted octanol–water partition coefficient (Wildman–Crippen LogP) is 2.41. The van der Waals surface area contributed by atoms with Crippen LogP contribution in [0.1, 0.15) is 41.7 Å². The van der Waals surface area contributed by atoms with Gasteiger partial charge in [-0.25, -0.2) is 0 Å². The second kappa shape index (κ2) is 7.19. The predicted molar refractivity (Wildman–Crippen MR) is 95.4 cm³/mol. The van der Waals surface area contributed by atoms with Crippen LogP contribution in [0.3, 0.4) is 0 Å². The Labute approximate surface area is 152 Å². The number of carbonyl (C=O) groups is 2. The van der Waals surface area contributed by atoms with Crippen molar-refractivity contribution in [1.82, 2.24) is 14.7 Å². The Morgan fingerprint density at radius 3 is 2.62 bits per heavy atom. The molecule has 1 amide bonds. The van der Waals surface area contributed by atoms with E-state index in [2.05, 4.69) is 5.10 Å². The third-order valence-electron chi connectivity index (χ3n) is 4.84. The molecular weight excluding hydrogens is 334 g/mol. The van der Waals surface area contributed by atoms with Crippen molar-refractivity contribution >= 4 is 11.9 Å². The molecule has 1 aromatic carbocycles. The lowest BCUT2D eigenvalue weighted by Crippen LogP contribution is -2.29. The number of carboxylic acids is 1. The molecule has 7 heteroatoms. The van der Waals surface area contributed by atoms with Crippen LogP contribution in [0.2, 0.25) is 0 Å². The van der Waals surface area contributed by atoms with Crippen LogP contribution in [-0.4, -0.2) is 51.9 Å². The van der Waals surface area contributed by atoms with Gasteiger partial charge >= 0.3 is 5.97 Å². The molecule has 0 bridgehead atoms. The van der Waals surface area contributed by atoms with Gasteiger partial charge in [0.2, 0.25) is 0 Å². The van der Waals surface area contributed by atoms with E-state index in [1.54, 1.807) is 22.9 Å². The Morgan fingerprint density at radius 1 is 1.27 bits per heavy atom. The molecule has 0 saturated carbocycles. The Balaban J connectivity index is 1.87. The van der Waals surface area contributed by atoms with E-state index < -0.39 is 11.9 Å². The molecule has 2 heterocycles. The van der Waals surface area contributed by atoms with Crippen LogP contribution in [0.4, 0.5) is 0 Å². The second-order valence-electron chi connectivity index (χ2n) is 6.81. The highest BCUT2D eigenvalue weighted by Gasteiger charge is 2.42. The van der Waals surface area contributed by atoms with Crippen molar-refractivity contribution in [2.75, 3.05) is 20.2 Å². The van der Waals surface area contributed by atoms with Gasteiger partial charge in [-0.1, -0.05) is 18.2 Å². The molecule has 138 valence electrons. The molecule has 0 radical (unpaired) electrons. The molecule has 7 nitrogen and oxygen atoms in total. The Kier molecular flexibility index (Phi) is 4.97. The van der Waals surface area contributed by atoms with Gasteiger partial charge in [0.25, 0.3) is 5.91 Å². The number of amides is 1. The molecule has 1 N–H and O–H groups in total. The largest absolute Gasteiger partial charge is 0.496 e. The molecule has 3 rings (SSSR count). The van der Waals surface area contributed by atoms with Crippen molar-refractivity contribution in [3.63, 3.8) is 0 Å². The van der Waals surface area contributed by atoms with Crippen LogP contribution < -0.4 is 4.74 Å². The number of methoxy groups -OCH3 is 1. The van der Waals surface area contributed by atoms with Gasteiger partial charge in [-0.3, -0.25) is 14.3 Å². The number of hydrogen-bond donors (Lipinski definition) is 1. The first-order valence-electron chi connectivity index (χ1n) is 8.61. The zero-order valence-electron chi connectivity index (χ0n) is 15.1. The quantitative estimate of drug-likeness (QED) is 0.888. The number of hydrogen-bond acceptors (Lipinski definition) is 4. The number of likely N-dealkylation sites (tertiary alicyclic amines) is 1. The number of ether oxygens (including phenoxy) is 1. The summed E-state index contributed by atoms with van der Waals surface area (Å²) in [5.41, 5.74) is 1.29. The first-order valence-corrected chi connectivity index (χ1v) is 8.61. The normalized spacial score (nSPS) is 19.8. The van der Waals surface area contributed by atoms with Gasteiger partial charge in [-0.2, -0.15) is 5.10 Å². The van der Waals surface area contributed by atoms with Crippen molar-refractivity contribution in [2.24, 2.45) is 5.92 Å². The minimum Gasteiger partial charge on any atom is -0.496 e.